The van der Waals surface area contributed by atoms with Crippen LogP contribution >= 0.6 is 11.3 Å². The van der Waals surface area contributed by atoms with Gasteiger partial charge in [-0.3, -0.25) is 9.59 Å². The summed E-state index contributed by atoms with van der Waals surface area (Å²) in [5, 5.41) is 5.01. The summed E-state index contributed by atoms with van der Waals surface area (Å²) in [5.74, 6) is 0.407. The number of carbonyl (C=O) groups excluding carboxylic acids is 2. The van der Waals surface area contributed by atoms with Gasteiger partial charge in [0.1, 0.15) is 13.2 Å². The van der Waals surface area contributed by atoms with Crippen LogP contribution in [0.4, 0.5) is 5.69 Å². The lowest BCUT2D eigenvalue weighted by Crippen LogP contribution is -2.47. The third kappa shape index (κ3) is 4.07. The minimum Gasteiger partial charge on any atom is -0.486 e. The molecular formula is C25H24N2O5S. The number of nitrogens with one attached hydrogen (secondary N) is 1. The minimum absolute atomic E-state index is 0.0931. The summed E-state index contributed by atoms with van der Waals surface area (Å²) in [5.41, 5.74) is 1.89. The zero-order valence-electron chi connectivity index (χ0n) is 18.2. The third-order valence-corrected chi connectivity index (χ3v) is 6.84. The van der Waals surface area contributed by atoms with E-state index in [-0.39, 0.29) is 11.8 Å². The van der Waals surface area contributed by atoms with Crippen LogP contribution in [0.1, 0.15) is 32.8 Å². The minimum atomic E-state index is -0.581. The van der Waals surface area contributed by atoms with E-state index in [2.05, 4.69) is 5.32 Å². The Labute approximate surface area is 195 Å². The van der Waals surface area contributed by atoms with Crippen molar-refractivity contribution in [3.8, 4) is 11.5 Å². The summed E-state index contributed by atoms with van der Waals surface area (Å²) in [6.07, 6.45) is 0. The number of hydrogen-bond acceptors (Lipinski definition) is 6. The van der Waals surface area contributed by atoms with Crippen molar-refractivity contribution in [3.63, 3.8) is 0 Å². The van der Waals surface area contributed by atoms with Crippen LogP contribution in [0.5, 0.6) is 11.5 Å². The van der Waals surface area contributed by atoms with Gasteiger partial charge in [0.15, 0.2) is 11.5 Å². The maximum atomic E-state index is 13.8. The van der Waals surface area contributed by atoms with Crippen molar-refractivity contribution in [1.29, 1.82) is 0 Å². The Hall–Kier alpha value is -3.36. The highest BCUT2D eigenvalue weighted by molar-refractivity contribution is 7.10. The number of benzene rings is 2. The van der Waals surface area contributed by atoms with E-state index in [0.717, 1.165) is 10.4 Å². The van der Waals surface area contributed by atoms with Gasteiger partial charge in [0.05, 0.1) is 18.6 Å². The van der Waals surface area contributed by atoms with Crippen molar-refractivity contribution < 1.29 is 23.8 Å². The monoisotopic (exact) mass is 464 g/mol. The second-order valence-corrected chi connectivity index (χ2v) is 8.84. The molecule has 1 N–H and O–H groups in total. The van der Waals surface area contributed by atoms with E-state index in [9.17, 15) is 9.59 Å². The Morgan fingerprint density at radius 3 is 2.73 bits per heavy atom. The number of thiophene rings is 1. The van der Waals surface area contributed by atoms with Crippen LogP contribution in [0.15, 0.2) is 60.0 Å². The van der Waals surface area contributed by atoms with Crippen molar-refractivity contribution in [2.45, 2.75) is 12.0 Å². The molecule has 0 aliphatic carbocycles. The molecule has 0 fully saturated rings. The largest absolute Gasteiger partial charge is 0.486 e. The summed E-state index contributed by atoms with van der Waals surface area (Å²) in [6.45, 7) is 1.75. The number of methoxy groups -OCH3 is 1. The van der Waals surface area contributed by atoms with Gasteiger partial charge in [0.2, 0.25) is 5.91 Å². The summed E-state index contributed by atoms with van der Waals surface area (Å²) in [6, 6.07) is 16.2. The van der Waals surface area contributed by atoms with E-state index < -0.39 is 12.0 Å². The number of rotatable bonds is 6. The Bertz CT molecular complexity index is 1160. The number of nitrogens with zero attached hydrogens (tertiary/aromatic N) is 1. The van der Waals surface area contributed by atoms with E-state index in [1.807, 2.05) is 35.7 Å². The van der Waals surface area contributed by atoms with Gasteiger partial charge < -0.3 is 24.4 Å². The lowest BCUT2D eigenvalue weighted by molar-refractivity contribution is -0.119. The molecule has 5 rings (SSSR count). The van der Waals surface area contributed by atoms with Crippen molar-refractivity contribution in [3.05, 3.63) is 76.0 Å². The van der Waals surface area contributed by atoms with Crippen LogP contribution in [0.2, 0.25) is 0 Å². The number of anilines is 1. The number of ether oxygens (including phenoxy) is 3. The Balaban J connectivity index is 1.54. The van der Waals surface area contributed by atoms with Gasteiger partial charge in [-0.05, 0) is 35.2 Å². The van der Waals surface area contributed by atoms with E-state index >= 15 is 0 Å². The molecule has 2 aromatic carbocycles. The number of fused-ring (bicyclic) bond motifs is 2. The van der Waals surface area contributed by atoms with Crippen molar-refractivity contribution in [1.82, 2.24) is 4.90 Å². The van der Waals surface area contributed by atoms with Crippen LogP contribution in [-0.4, -0.2) is 50.2 Å². The van der Waals surface area contributed by atoms with Crippen LogP contribution in [0.3, 0.4) is 0 Å². The fourth-order valence-corrected chi connectivity index (χ4v) is 5.30. The number of hydrogen-bond donors (Lipinski definition) is 1. The van der Waals surface area contributed by atoms with Gasteiger partial charge in [0, 0.05) is 35.8 Å². The van der Waals surface area contributed by atoms with Crippen LogP contribution in [-0.2, 0) is 9.53 Å². The lowest BCUT2D eigenvalue weighted by atomic mass is 9.81. The molecule has 0 radical (unpaired) electrons. The van der Waals surface area contributed by atoms with Crippen molar-refractivity contribution in [2.75, 3.05) is 38.8 Å². The summed E-state index contributed by atoms with van der Waals surface area (Å²) in [7, 11) is 1.61. The van der Waals surface area contributed by atoms with Crippen LogP contribution in [0.25, 0.3) is 0 Å². The molecule has 2 aliphatic heterocycles. The molecule has 0 saturated heterocycles. The summed E-state index contributed by atoms with van der Waals surface area (Å²) >= 11 is 1.54. The van der Waals surface area contributed by atoms with Crippen molar-refractivity contribution >= 4 is 28.8 Å². The van der Waals surface area contributed by atoms with Gasteiger partial charge in [-0.2, -0.15) is 0 Å². The molecule has 8 heteroatoms. The van der Waals surface area contributed by atoms with E-state index in [0.29, 0.717) is 49.1 Å². The first-order valence-electron chi connectivity index (χ1n) is 10.8. The Kier molecular flexibility index (Phi) is 6.02. The highest BCUT2D eigenvalue weighted by Gasteiger charge is 2.44. The molecule has 2 aliphatic rings. The normalized spacial score (nSPS) is 19.2. The molecule has 2 atom stereocenters. The second kappa shape index (κ2) is 9.25. The predicted molar refractivity (Wildman–Crippen MR) is 125 cm³/mol. The number of amides is 2. The van der Waals surface area contributed by atoms with Crippen LogP contribution < -0.4 is 14.8 Å². The fraction of sp³-hybridized carbons (Fsp3) is 0.280. The van der Waals surface area contributed by atoms with Gasteiger partial charge in [-0.1, -0.05) is 24.3 Å². The smallest absolute Gasteiger partial charge is 0.254 e. The average molecular weight is 465 g/mol. The van der Waals surface area contributed by atoms with Gasteiger partial charge >= 0.3 is 0 Å². The maximum absolute atomic E-state index is 13.8. The maximum Gasteiger partial charge on any atom is 0.254 e. The molecule has 0 bridgehead atoms. The molecular weight excluding hydrogens is 440 g/mol. The average Bonchev–Trinajstić information content (AvgIpc) is 3.38. The van der Waals surface area contributed by atoms with Gasteiger partial charge in [0.25, 0.3) is 5.91 Å². The highest BCUT2D eigenvalue weighted by Crippen LogP contribution is 2.44. The molecule has 33 heavy (non-hydrogen) atoms. The standard InChI is InChI=1S/C25H24N2O5S/c1-30-11-10-27-23(21-7-4-14-33-21)22(17-5-2-3-6-18(17)25(27)29)24(28)26-16-8-9-19-20(15-16)32-13-12-31-19/h2-9,14-15,22-23H,10-13H2,1H3,(H,26,28)/t22-,23-/m1/s1. The molecule has 0 unspecified atom stereocenters. The number of carbonyl (C=O) groups is 2. The first-order valence-corrected chi connectivity index (χ1v) is 11.7. The predicted octanol–water partition coefficient (Wildman–Crippen LogP) is 4.09. The van der Waals surface area contributed by atoms with Gasteiger partial charge in [-0.15, -0.1) is 11.3 Å². The Morgan fingerprint density at radius 1 is 1.12 bits per heavy atom. The molecule has 7 nitrogen and oxygen atoms in total. The lowest BCUT2D eigenvalue weighted by Gasteiger charge is -2.41. The molecule has 3 heterocycles. The van der Waals surface area contributed by atoms with E-state index in [1.54, 1.807) is 36.3 Å². The molecule has 1 aromatic heterocycles. The topological polar surface area (TPSA) is 77.1 Å². The van der Waals surface area contributed by atoms with Gasteiger partial charge in [-0.25, -0.2) is 0 Å². The first kappa shape index (κ1) is 21.5. The Morgan fingerprint density at radius 2 is 1.94 bits per heavy atom. The molecule has 170 valence electrons. The SMILES string of the molecule is COCCN1C(=O)c2ccccc2[C@@H](C(=O)Nc2ccc3c(c2)OCCO3)[C@H]1c1cccs1. The quantitative estimate of drug-likeness (QED) is 0.595. The third-order valence-electron chi connectivity index (χ3n) is 5.90. The summed E-state index contributed by atoms with van der Waals surface area (Å²) in [4.78, 5) is 29.9. The van der Waals surface area contributed by atoms with Crippen molar-refractivity contribution in [2.24, 2.45) is 0 Å². The zero-order chi connectivity index (χ0) is 22.8. The summed E-state index contributed by atoms with van der Waals surface area (Å²) < 4.78 is 16.5. The first-order chi connectivity index (χ1) is 16.2. The zero-order valence-corrected chi connectivity index (χ0v) is 19.0. The second-order valence-electron chi connectivity index (χ2n) is 7.86. The molecule has 0 spiro atoms. The van der Waals surface area contributed by atoms with Crippen LogP contribution in [0, 0.1) is 0 Å². The fourth-order valence-electron chi connectivity index (χ4n) is 4.43. The molecule has 2 amide bonds. The highest BCUT2D eigenvalue weighted by atomic mass is 32.1. The van der Waals surface area contributed by atoms with E-state index in [4.69, 9.17) is 14.2 Å². The molecule has 0 saturated carbocycles. The molecule has 3 aromatic rings. The van der Waals surface area contributed by atoms with E-state index in [1.165, 1.54) is 11.3 Å².